The van der Waals surface area contributed by atoms with Gasteiger partial charge in [0.1, 0.15) is 6.07 Å². The molecule has 0 fully saturated rings. The van der Waals surface area contributed by atoms with Crippen molar-refractivity contribution < 1.29 is 5.11 Å². The number of aliphatic hydroxyl groups is 1. The maximum absolute atomic E-state index is 9.37. The van der Waals surface area contributed by atoms with E-state index in [1.54, 1.807) is 18.2 Å². The van der Waals surface area contributed by atoms with Crippen LogP contribution in [0.15, 0.2) is 18.2 Å². The number of nitrogens with zero attached hydrogens (tertiary/aromatic N) is 1. The molecule has 1 unspecified atom stereocenters. The molecule has 4 heteroatoms. The topological polar surface area (TPSA) is 56.0 Å². The van der Waals surface area contributed by atoms with E-state index in [0.29, 0.717) is 29.2 Å². The molecular formula is C11H13ClN2O. The fourth-order valence-electron chi connectivity index (χ4n) is 1.13. The van der Waals surface area contributed by atoms with Crippen LogP contribution in [0.2, 0.25) is 5.02 Å². The summed E-state index contributed by atoms with van der Waals surface area (Å²) < 4.78 is 0. The van der Waals surface area contributed by atoms with Gasteiger partial charge in [-0.1, -0.05) is 18.5 Å². The molecule has 1 aromatic carbocycles. The van der Waals surface area contributed by atoms with Gasteiger partial charge < -0.3 is 10.4 Å². The zero-order valence-electron chi connectivity index (χ0n) is 8.50. The van der Waals surface area contributed by atoms with Gasteiger partial charge in [-0.2, -0.15) is 5.26 Å². The summed E-state index contributed by atoms with van der Waals surface area (Å²) in [5.41, 5.74) is 1.19. The Morgan fingerprint density at radius 1 is 1.60 bits per heavy atom. The molecule has 0 amide bonds. The second-order valence-electron chi connectivity index (χ2n) is 3.24. The maximum atomic E-state index is 9.37. The van der Waals surface area contributed by atoms with Gasteiger partial charge in [-0.05, 0) is 24.6 Å². The van der Waals surface area contributed by atoms with Gasteiger partial charge in [-0.25, -0.2) is 0 Å². The number of nitriles is 1. The highest BCUT2D eigenvalue weighted by Gasteiger charge is 2.05. The Balaban J connectivity index is 2.75. The smallest absolute Gasteiger partial charge is 0.101 e. The molecule has 1 atom stereocenters. The summed E-state index contributed by atoms with van der Waals surface area (Å²) in [6.07, 6.45) is 0.269. The van der Waals surface area contributed by atoms with Crippen LogP contribution in [0.1, 0.15) is 18.9 Å². The first-order chi connectivity index (χ1) is 7.17. The van der Waals surface area contributed by atoms with Crippen LogP contribution >= 0.6 is 11.6 Å². The van der Waals surface area contributed by atoms with Crippen LogP contribution in [-0.4, -0.2) is 17.8 Å². The molecule has 0 saturated carbocycles. The molecule has 0 aromatic heterocycles. The van der Waals surface area contributed by atoms with Crippen LogP contribution in [0.25, 0.3) is 0 Å². The summed E-state index contributed by atoms with van der Waals surface area (Å²) in [5, 5.41) is 21.8. The molecule has 1 rings (SSSR count). The SMILES string of the molecule is CCC(O)CNc1cc(Cl)ccc1C#N. The molecular weight excluding hydrogens is 212 g/mol. The molecule has 0 heterocycles. The Labute approximate surface area is 94.3 Å². The number of hydrogen-bond donors (Lipinski definition) is 2. The lowest BCUT2D eigenvalue weighted by atomic mass is 10.2. The van der Waals surface area contributed by atoms with E-state index in [2.05, 4.69) is 11.4 Å². The van der Waals surface area contributed by atoms with Crippen molar-refractivity contribution in [2.45, 2.75) is 19.4 Å². The van der Waals surface area contributed by atoms with Crippen molar-refractivity contribution in [3.05, 3.63) is 28.8 Å². The van der Waals surface area contributed by atoms with Crippen LogP contribution in [0.3, 0.4) is 0 Å². The molecule has 0 radical (unpaired) electrons. The van der Waals surface area contributed by atoms with Crippen molar-refractivity contribution >= 4 is 17.3 Å². The minimum atomic E-state index is -0.407. The molecule has 2 N–H and O–H groups in total. The van der Waals surface area contributed by atoms with Gasteiger partial charge in [0.2, 0.25) is 0 Å². The number of hydrogen-bond acceptors (Lipinski definition) is 3. The Kier molecular flexibility index (Phi) is 4.41. The zero-order chi connectivity index (χ0) is 11.3. The van der Waals surface area contributed by atoms with E-state index >= 15 is 0 Å². The van der Waals surface area contributed by atoms with Crippen LogP contribution < -0.4 is 5.32 Å². The molecule has 0 aliphatic heterocycles. The highest BCUT2D eigenvalue weighted by Crippen LogP contribution is 2.20. The quantitative estimate of drug-likeness (QED) is 0.826. The predicted molar refractivity (Wildman–Crippen MR) is 61.0 cm³/mol. The van der Waals surface area contributed by atoms with E-state index in [1.807, 2.05) is 6.92 Å². The maximum Gasteiger partial charge on any atom is 0.101 e. The number of aliphatic hydroxyl groups excluding tert-OH is 1. The van der Waals surface area contributed by atoms with Gasteiger partial charge in [0.15, 0.2) is 0 Å². The molecule has 1 aromatic rings. The van der Waals surface area contributed by atoms with E-state index in [9.17, 15) is 5.11 Å². The zero-order valence-corrected chi connectivity index (χ0v) is 9.25. The Morgan fingerprint density at radius 2 is 2.33 bits per heavy atom. The number of rotatable bonds is 4. The van der Waals surface area contributed by atoms with Gasteiger partial charge in [-0.3, -0.25) is 0 Å². The fourth-order valence-corrected chi connectivity index (χ4v) is 1.30. The summed E-state index contributed by atoms with van der Waals surface area (Å²) in [5.74, 6) is 0. The van der Waals surface area contributed by atoms with Gasteiger partial charge in [0.05, 0.1) is 17.4 Å². The summed E-state index contributed by atoms with van der Waals surface area (Å²) in [6.45, 7) is 2.32. The van der Waals surface area contributed by atoms with Crippen molar-refractivity contribution in [3.8, 4) is 6.07 Å². The Bertz CT molecular complexity index is 373. The van der Waals surface area contributed by atoms with Gasteiger partial charge in [0.25, 0.3) is 0 Å². The van der Waals surface area contributed by atoms with Crippen LogP contribution in [0.5, 0.6) is 0 Å². The van der Waals surface area contributed by atoms with Gasteiger partial charge in [-0.15, -0.1) is 0 Å². The monoisotopic (exact) mass is 224 g/mol. The van der Waals surface area contributed by atoms with Gasteiger partial charge in [0, 0.05) is 11.6 Å². The van der Waals surface area contributed by atoms with E-state index in [0.717, 1.165) is 0 Å². The van der Waals surface area contributed by atoms with E-state index in [-0.39, 0.29) is 0 Å². The van der Waals surface area contributed by atoms with E-state index < -0.39 is 6.10 Å². The molecule has 0 bridgehead atoms. The normalized spacial score (nSPS) is 11.9. The molecule has 0 spiro atoms. The minimum Gasteiger partial charge on any atom is -0.391 e. The highest BCUT2D eigenvalue weighted by molar-refractivity contribution is 6.30. The van der Waals surface area contributed by atoms with Crippen molar-refractivity contribution in [1.82, 2.24) is 0 Å². The number of nitrogens with one attached hydrogen (secondary N) is 1. The second-order valence-corrected chi connectivity index (χ2v) is 3.68. The number of anilines is 1. The van der Waals surface area contributed by atoms with Crippen molar-refractivity contribution in [3.63, 3.8) is 0 Å². The number of benzene rings is 1. The minimum absolute atomic E-state index is 0.407. The third-order valence-corrected chi connectivity index (χ3v) is 2.34. The summed E-state index contributed by atoms with van der Waals surface area (Å²) in [6, 6.07) is 7.07. The first kappa shape index (κ1) is 11.8. The molecule has 3 nitrogen and oxygen atoms in total. The van der Waals surface area contributed by atoms with E-state index in [4.69, 9.17) is 16.9 Å². The van der Waals surface area contributed by atoms with Crippen LogP contribution in [0, 0.1) is 11.3 Å². The molecule has 15 heavy (non-hydrogen) atoms. The fraction of sp³-hybridized carbons (Fsp3) is 0.364. The predicted octanol–water partition coefficient (Wildman–Crippen LogP) is 2.39. The molecule has 80 valence electrons. The Hall–Kier alpha value is -1.24. The lowest BCUT2D eigenvalue weighted by molar-refractivity contribution is 0.183. The molecule has 0 aliphatic carbocycles. The molecule has 0 aliphatic rings. The van der Waals surface area contributed by atoms with Crippen molar-refractivity contribution in [1.29, 1.82) is 5.26 Å². The van der Waals surface area contributed by atoms with Crippen molar-refractivity contribution in [2.24, 2.45) is 0 Å². The Morgan fingerprint density at radius 3 is 2.93 bits per heavy atom. The van der Waals surface area contributed by atoms with Crippen LogP contribution in [0.4, 0.5) is 5.69 Å². The molecule has 0 saturated heterocycles. The highest BCUT2D eigenvalue weighted by atomic mass is 35.5. The average Bonchev–Trinajstić information content (AvgIpc) is 2.26. The third kappa shape index (κ3) is 3.43. The summed E-state index contributed by atoms with van der Waals surface area (Å²) in [7, 11) is 0. The number of halogens is 1. The lowest BCUT2D eigenvalue weighted by Gasteiger charge is -2.11. The first-order valence-corrected chi connectivity index (χ1v) is 5.16. The standard InChI is InChI=1S/C11H13ClN2O/c1-2-10(15)7-14-11-5-9(12)4-3-8(11)6-13/h3-5,10,14-15H,2,7H2,1H3. The first-order valence-electron chi connectivity index (χ1n) is 4.79. The van der Waals surface area contributed by atoms with E-state index in [1.165, 1.54) is 0 Å². The second kappa shape index (κ2) is 5.59. The third-order valence-electron chi connectivity index (χ3n) is 2.10. The van der Waals surface area contributed by atoms with Crippen molar-refractivity contribution in [2.75, 3.05) is 11.9 Å². The summed E-state index contributed by atoms with van der Waals surface area (Å²) in [4.78, 5) is 0. The largest absolute Gasteiger partial charge is 0.391 e. The summed E-state index contributed by atoms with van der Waals surface area (Å²) >= 11 is 5.81. The average molecular weight is 225 g/mol. The van der Waals surface area contributed by atoms with Gasteiger partial charge >= 0.3 is 0 Å². The van der Waals surface area contributed by atoms with Crippen LogP contribution in [-0.2, 0) is 0 Å². The lowest BCUT2D eigenvalue weighted by Crippen LogP contribution is -2.18.